The van der Waals surface area contributed by atoms with E-state index in [1.807, 2.05) is 65.0 Å². The van der Waals surface area contributed by atoms with Crippen LogP contribution in [-0.2, 0) is 26.2 Å². The zero-order valence-electron chi connectivity index (χ0n) is 23.0. The van der Waals surface area contributed by atoms with Gasteiger partial charge in [-0.1, -0.05) is 72.6 Å². The molecule has 3 aromatic rings. The fraction of sp³-hybridized carbons (Fsp3) is 0.333. The SMILES string of the molecule is CCC(C(=O)NC(C)C)N(Cc1ccccc1)C(=O)CN(c1ccc(C)c(Cl)c1)S(=O)(=O)c1ccc(C)cc1. The summed E-state index contributed by atoms with van der Waals surface area (Å²) in [6, 6.07) is 19.8. The van der Waals surface area contributed by atoms with Crippen molar-refractivity contribution in [1.29, 1.82) is 0 Å². The zero-order chi connectivity index (χ0) is 28.7. The summed E-state index contributed by atoms with van der Waals surface area (Å²) in [5.74, 6) is -0.792. The first-order valence-electron chi connectivity index (χ1n) is 12.9. The molecule has 0 radical (unpaired) electrons. The second kappa shape index (κ2) is 13.1. The average Bonchev–Trinajstić information content (AvgIpc) is 2.89. The predicted molar refractivity (Wildman–Crippen MR) is 156 cm³/mol. The molecule has 1 atom stereocenters. The summed E-state index contributed by atoms with van der Waals surface area (Å²) >= 11 is 6.37. The highest BCUT2D eigenvalue weighted by atomic mass is 35.5. The standard InChI is InChI=1S/C30H36ClN3O4S/c1-6-28(30(36)32-21(2)3)33(19-24-10-8-7-9-11-24)29(35)20-34(25-15-14-23(5)27(31)18-25)39(37,38)26-16-12-22(4)13-17-26/h7-18,21,28H,6,19-20H2,1-5H3,(H,32,36). The number of sulfonamides is 1. The van der Waals surface area contributed by atoms with E-state index in [1.54, 1.807) is 30.3 Å². The number of nitrogens with one attached hydrogen (secondary N) is 1. The Hall–Kier alpha value is -3.36. The van der Waals surface area contributed by atoms with E-state index >= 15 is 0 Å². The molecule has 9 heteroatoms. The first kappa shape index (κ1) is 30.2. The largest absolute Gasteiger partial charge is 0.352 e. The van der Waals surface area contributed by atoms with E-state index < -0.39 is 28.5 Å². The van der Waals surface area contributed by atoms with Crippen molar-refractivity contribution >= 4 is 39.1 Å². The minimum Gasteiger partial charge on any atom is -0.352 e. The molecule has 0 bridgehead atoms. The van der Waals surface area contributed by atoms with Crippen molar-refractivity contribution in [3.63, 3.8) is 0 Å². The van der Waals surface area contributed by atoms with Crippen LogP contribution in [0, 0.1) is 13.8 Å². The molecule has 3 rings (SSSR count). The summed E-state index contributed by atoms with van der Waals surface area (Å²) in [5.41, 5.74) is 2.78. The molecule has 0 aliphatic rings. The van der Waals surface area contributed by atoms with Gasteiger partial charge in [0.15, 0.2) is 0 Å². The van der Waals surface area contributed by atoms with Gasteiger partial charge in [0.05, 0.1) is 10.6 Å². The van der Waals surface area contributed by atoms with E-state index in [1.165, 1.54) is 17.0 Å². The minimum absolute atomic E-state index is 0.0526. The van der Waals surface area contributed by atoms with E-state index in [-0.39, 0.29) is 29.1 Å². The van der Waals surface area contributed by atoms with E-state index in [9.17, 15) is 18.0 Å². The zero-order valence-corrected chi connectivity index (χ0v) is 24.6. The second-order valence-electron chi connectivity index (χ2n) is 9.85. The molecular weight excluding hydrogens is 534 g/mol. The Morgan fingerprint density at radius 3 is 2.15 bits per heavy atom. The summed E-state index contributed by atoms with van der Waals surface area (Å²) in [6.45, 7) is 8.86. The number of anilines is 1. The van der Waals surface area contributed by atoms with Crippen molar-refractivity contribution in [1.82, 2.24) is 10.2 Å². The van der Waals surface area contributed by atoms with Crippen LogP contribution in [0.25, 0.3) is 0 Å². The van der Waals surface area contributed by atoms with Crippen LogP contribution in [0.3, 0.4) is 0 Å². The van der Waals surface area contributed by atoms with E-state index in [0.717, 1.165) is 21.0 Å². The average molecular weight is 570 g/mol. The maximum Gasteiger partial charge on any atom is 0.264 e. The van der Waals surface area contributed by atoms with Gasteiger partial charge >= 0.3 is 0 Å². The number of aryl methyl sites for hydroxylation is 2. The Balaban J connectivity index is 2.07. The van der Waals surface area contributed by atoms with Crippen LogP contribution >= 0.6 is 11.6 Å². The summed E-state index contributed by atoms with van der Waals surface area (Å²) in [4.78, 5) is 28.7. The van der Waals surface area contributed by atoms with E-state index in [0.29, 0.717) is 11.4 Å². The lowest BCUT2D eigenvalue weighted by Crippen LogP contribution is -2.53. The van der Waals surface area contributed by atoms with Crippen LogP contribution in [0.4, 0.5) is 5.69 Å². The first-order chi connectivity index (χ1) is 18.4. The van der Waals surface area contributed by atoms with Gasteiger partial charge in [-0.3, -0.25) is 13.9 Å². The van der Waals surface area contributed by atoms with Crippen LogP contribution in [0.5, 0.6) is 0 Å². The number of hydrogen-bond donors (Lipinski definition) is 1. The normalized spacial score (nSPS) is 12.2. The minimum atomic E-state index is -4.15. The Morgan fingerprint density at radius 2 is 1.59 bits per heavy atom. The fourth-order valence-electron chi connectivity index (χ4n) is 4.18. The number of nitrogens with zero attached hydrogens (tertiary/aromatic N) is 2. The van der Waals surface area contributed by atoms with Gasteiger partial charge in [-0.25, -0.2) is 8.42 Å². The molecule has 0 heterocycles. The topological polar surface area (TPSA) is 86.8 Å². The maximum absolute atomic E-state index is 14.0. The smallest absolute Gasteiger partial charge is 0.264 e. The molecule has 0 fully saturated rings. The highest BCUT2D eigenvalue weighted by molar-refractivity contribution is 7.92. The van der Waals surface area contributed by atoms with Crippen molar-refractivity contribution in [2.75, 3.05) is 10.8 Å². The van der Waals surface area contributed by atoms with Crippen LogP contribution in [-0.4, -0.2) is 43.8 Å². The molecule has 7 nitrogen and oxygen atoms in total. The molecule has 0 spiro atoms. The molecule has 0 saturated heterocycles. The third-order valence-electron chi connectivity index (χ3n) is 6.34. The lowest BCUT2D eigenvalue weighted by molar-refractivity contribution is -0.140. The molecule has 0 aliphatic heterocycles. The molecular formula is C30H36ClN3O4S. The highest BCUT2D eigenvalue weighted by Gasteiger charge is 2.34. The van der Waals surface area contributed by atoms with Gasteiger partial charge in [-0.15, -0.1) is 0 Å². The summed E-state index contributed by atoms with van der Waals surface area (Å²) in [6.07, 6.45) is 0.359. The third kappa shape index (κ3) is 7.61. The van der Waals surface area contributed by atoms with Gasteiger partial charge in [0.25, 0.3) is 10.0 Å². The summed E-state index contributed by atoms with van der Waals surface area (Å²) in [5, 5.41) is 3.28. The number of carbonyl (C=O) groups is 2. The van der Waals surface area contributed by atoms with Gasteiger partial charge in [-0.05, 0) is 69.5 Å². The van der Waals surface area contributed by atoms with Crippen molar-refractivity contribution in [3.8, 4) is 0 Å². The monoisotopic (exact) mass is 569 g/mol. The molecule has 2 amide bonds. The maximum atomic E-state index is 14.0. The quantitative estimate of drug-likeness (QED) is 0.331. The van der Waals surface area contributed by atoms with Crippen molar-refractivity contribution < 1.29 is 18.0 Å². The van der Waals surface area contributed by atoms with E-state index in [2.05, 4.69) is 5.32 Å². The van der Waals surface area contributed by atoms with Crippen LogP contribution in [0.15, 0.2) is 77.7 Å². The molecule has 3 aromatic carbocycles. The van der Waals surface area contributed by atoms with Crippen molar-refractivity contribution in [2.45, 2.75) is 64.6 Å². The van der Waals surface area contributed by atoms with Gasteiger partial charge in [0, 0.05) is 17.6 Å². The number of hydrogen-bond acceptors (Lipinski definition) is 4. The fourth-order valence-corrected chi connectivity index (χ4v) is 5.76. The number of amides is 2. The van der Waals surface area contributed by atoms with Gasteiger partial charge in [0.1, 0.15) is 12.6 Å². The lowest BCUT2D eigenvalue weighted by Gasteiger charge is -2.33. The highest BCUT2D eigenvalue weighted by Crippen LogP contribution is 2.29. The summed E-state index contributed by atoms with van der Waals surface area (Å²) in [7, 11) is -4.15. The molecule has 208 valence electrons. The molecule has 0 aromatic heterocycles. The Bertz CT molecular complexity index is 1390. The lowest BCUT2D eigenvalue weighted by atomic mass is 10.1. The van der Waals surface area contributed by atoms with Crippen LogP contribution in [0.2, 0.25) is 5.02 Å². The van der Waals surface area contributed by atoms with Crippen LogP contribution < -0.4 is 9.62 Å². The Morgan fingerprint density at radius 1 is 0.949 bits per heavy atom. The second-order valence-corrected chi connectivity index (χ2v) is 12.1. The van der Waals surface area contributed by atoms with Gasteiger partial charge < -0.3 is 10.2 Å². The first-order valence-corrected chi connectivity index (χ1v) is 14.7. The van der Waals surface area contributed by atoms with Crippen LogP contribution in [0.1, 0.15) is 43.9 Å². The number of halogens is 1. The van der Waals surface area contributed by atoms with Crippen molar-refractivity contribution in [3.05, 3.63) is 94.5 Å². The molecule has 0 saturated carbocycles. The van der Waals surface area contributed by atoms with Gasteiger partial charge in [0.2, 0.25) is 11.8 Å². The van der Waals surface area contributed by atoms with E-state index in [4.69, 9.17) is 11.6 Å². The number of carbonyl (C=O) groups excluding carboxylic acids is 2. The molecule has 1 N–H and O–H groups in total. The van der Waals surface area contributed by atoms with Crippen molar-refractivity contribution in [2.24, 2.45) is 0 Å². The molecule has 39 heavy (non-hydrogen) atoms. The number of benzene rings is 3. The van der Waals surface area contributed by atoms with Gasteiger partial charge in [-0.2, -0.15) is 0 Å². The Labute approximate surface area is 236 Å². The molecule has 0 aliphatic carbocycles. The number of rotatable bonds is 11. The molecule has 1 unspecified atom stereocenters. The third-order valence-corrected chi connectivity index (χ3v) is 8.54. The Kier molecular flexibility index (Phi) is 10.2. The predicted octanol–water partition coefficient (Wildman–Crippen LogP) is 5.48. The summed E-state index contributed by atoms with van der Waals surface area (Å²) < 4.78 is 28.9.